The summed E-state index contributed by atoms with van der Waals surface area (Å²) in [4.78, 5) is 11.1. The van der Waals surface area contributed by atoms with Gasteiger partial charge in [0.2, 0.25) is 15.9 Å². The minimum atomic E-state index is -3.53. The standard InChI is InChI=1S/C7H16N2O3S/c1-4-6(8)7(10)9-13(11,12)5(2)3/h5-6H,4,8H2,1-3H3,(H,9,10)/t6-/m0/s1. The molecular weight excluding hydrogens is 192 g/mol. The largest absolute Gasteiger partial charge is 0.320 e. The van der Waals surface area contributed by atoms with Gasteiger partial charge in [-0.3, -0.25) is 9.52 Å². The third-order valence-electron chi connectivity index (χ3n) is 1.64. The average Bonchev–Trinajstić information content (AvgIpc) is 2.01. The fourth-order valence-corrected chi connectivity index (χ4v) is 1.19. The quantitative estimate of drug-likeness (QED) is 0.656. The van der Waals surface area contributed by atoms with E-state index >= 15 is 0 Å². The Bertz CT molecular complexity index is 271. The van der Waals surface area contributed by atoms with Crippen LogP contribution < -0.4 is 10.5 Å². The second kappa shape index (κ2) is 4.57. The number of carbonyl (C=O) groups excluding carboxylic acids is 1. The van der Waals surface area contributed by atoms with Gasteiger partial charge in [-0.1, -0.05) is 6.92 Å². The van der Waals surface area contributed by atoms with Gasteiger partial charge in [-0.15, -0.1) is 0 Å². The molecular formula is C7H16N2O3S. The Morgan fingerprint density at radius 2 is 1.92 bits per heavy atom. The van der Waals surface area contributed by atoms with Crippen LogP contribution in [-0.2, 0) is 14.8 Å². The third kappa shape index (κ3) is 3.73. The summed E-state index contributed by atoms with van der Waals surface area (Å²) in [6.07, 6.45) is 0.416. The number of nitrogens with two attached hydrogens (primary N) is 1. The maximum atomic E-state index is 11.2. The molecule has 0 heterocycles. The van der Waals surface area contributed by atoms with Gasteiger partial charge in [0.15, 0.2) is 0 Å². The first kappa shape index (κ1) is 12.4. The van der Waals surface area contributed by atoms with Crippen LogP contribution in [0.5, 0.6) is 0 Å². The van der Waals surface area contributed by atoms with Crippen molar-refractivity contribution in [3.05, 3.63) is 0 Å². The number of hydrogen-bond donors (Lipinski definition) is 2. The van der Waals surface area contributed by atoms with Crippen molar-refractivity contribution in [3.8, 4) is 0 Å². The topological polar surface area (TPSA) is 89.3 Å². The molecule has 13 heavy (non-hydrogen) atoms. The van der Waals surface area contributed by atoms with Gasteiger partial charge in [0.05, 0.1) is 11.3 Å². The lowest BCUT2D eigenvalue weighted by molar-refractivity contribution is -0.120. The van der Waals surface area contributed by atoms with E-state index in [4.69, 9.17) is 5.73 Å². The molecule has 5 nitrogen and oxygen atoms in total. The van der Waals surface area contributed by atoms with Crippen LogP contribution in [0.25, 0.3) is 0 Å². The van der Waals surface area contributed by atoms with Crippen molar-refractivity contribution < 1.29 is 13.2 Å². The number of rotatable bonds is 4. The second-order valence-electron chi connectivity index (χ2n) is 3.07. The summed E-state index contributed by atoms with van der Waals surface area (Å²) in [6.45, 7) is 4.70. The Morgan fingerprint density at radius 1 is 1.46 bits per heavy atom. The maximum Gasteiger partial charge on any atom is 0.250 e. The van der Waals surface area contributed by atoms with Crippen LogP contribution in [0.3, 0.4) is 0 Å². The van der Waals surface area contributed by atoms with E-state index in [2.05, 4.69) is 0 Å². The lowest BCUT2D eigenvalue weighted by Crippen LogP contribution is -2.45. The minimum Gasteiger partial charge on any atom is -0.320 e. The highest BCUT2D eigenvalue weighted by Gasteiger charge is 2.21. The van der Waals surface area contributed by atoms with Crippen LogP contribution in [0.1, 0.15) is 27.2 Å². The van der Waals surface area contributed by atoms with Gasteiger partial charge in [0.25, 0.3) is 0 Å². The van der Waals surface area contributed by atoms with E-state index in [0.717, 1.165) is 0 Å². The highest BCUT2D eigenvalue weighted by Crippen LogP contribution is 1.97. The van der Waals surface area contributed by atoms with Crippen molar-refractivity contribution in [2.75, 3.05) is 0 Å². The van der Waals surface area contributed by atoms with Gasteiger partial charge >= 0.3 is 0 Å². The Hall–Kier alpha value is -0.620. The fraction of sp³-hybridized carbons (Fsp3) is 0.857. The number of nitrogens with one attached hydrogen (secondary N) is 1. The molecule has 0 saturated carbocycles. The molecule has 6 heteroatoms. The van der Waals surface area contributed by atoms with E-state index in [1.54, 1.807) is 6.92 Å². The Kier molecular flexibility index (Phi) is 4.35. The molecule has 0 saturated heterocycles. The van der Waals surface area contributed by atoms with Crippen LogP contribution in [0.2, 0.25) is 0 Å². The molecule has 0 aliphatic rings. The maximum absolute atomic E-state index is 11.2. The first-order valence-corrected chi connectivity index (χ1v) is 5.67. The summed E-state index contributed by atoms with van der Waals surface area (Å²) in [5.74, 6) is -0.642. The van der Waals surface area contributed by atoms with Gasteiger partial charge in [-0.05, 0) is 20.3 Å². The number of carbonyl (C=O) groups is 1. The summed E-state index contributed by atoms with van der Waals surface area (Å²) >= 11 is 0. The van der Waals surface area contributed by atoms with Crippen LogP contribution in [0.15, 0.2) is 0 Å². The number of amides is 1. The molecule has 78 valence electrons. The van der Waals surface area contributed by atoms with Gasteiger partial charge in [-0.2, -0.15) is 0 Å². The van der Waals surface area contributed by atoms with E-state index in [1.165, 1.54) is 13.8 Å². The van der Waals surface area contributed by atoms with Crippen LogP contribution in [0, 0.1) is 0 Å². The highest BCUT2D eigenvalue weighted by molar-refractivity contribution is 7.90. The van der Waals surface area contributed by atoms with Gasteiger partial charge < -0.3 is 5.73 Å². The molecule has 0 aliphatic heterocycles. The fourth-order valence-electron chi connectivity index (χ4n) is 0.519. The third-order valence-corrected chi connectivity index (χ3v) is 3.37. The van der Waals surface area contributed by atoms with E-state index in [9.17, 15) is 13.2 Å². The van der Waals surface area contributed by atoms with Crippen molar-refractivity contribution in [3.63, 3.8) is 0 Å². The Morgan fingerprint density at radius 3 is 2.23 bits per heavy atom. The van der Waals surface area contributed by atoms with Crippen molar-refractivity contribution in [2.24, 2.45) is 5.73 Å². The molecule has 0 radical (unpaired) electrons. The van der Waals surface area contributed by atoms with Gasteiger partial charge in [0.1, 0.15) is 0 Å². The summed E-state index contributed by atoms with van der Waals surface area (Å²) in [5.41, 5.74) is 5.35. The number of hydrogen-bond acceptors (Lipinski definition) is 4. The number of sulfonamides is 1. The summed E-state index contributed by atoms with van der Waals surface area (Å²) in [5, 5.41) is -0.625. The van der Waals surface area contributed by atoms with Crippen molar-refractivity contribution >= 4 is 15.9 Å². The average molecular weight is 208 g/mol. The van der Waals surface area contributed by atoms with E-state index in [0.29, 0.717) is 6.42 Å². The summed E-state index contributed by atoms with van der Waals surface area (Å²) in [7, 11) is -3.53. The monoisotopic (exact) mass is 208 g/mol. The van der Waals surface area contributed by atoms with Gasteiger partial charge in [-0.25, -0.2) is 8.42 Å². The molecule has 0 aliphatic carbocycles. The molecule has 0 rings (SSSR count). The van der Waals surface area contributed by atoms with Gasteiger partial charge in [0, 0.05) is 0 Å². The molecule has 0 spiro atoms. The normalized spacial score (nSPS) is 14.2. The molecule has 0 bridgehead atoms. The zero-order valence-corrected chi connectivity index (χ0v) is 8.89. The second-order valence-corrected chi connectivity index (χ2v) is 5.31. The first-order chi connectivity index (χ1) is 5.81. The molecule has 0 aromatic carbocycles. The molecule has 1 atom stereocenters. The zero-order valence-electron chi connectivity index (χ0n) is 8.07. The predicted molar refractivity (Wildman–Crippen MR) is 50.5 cm³/mol. The van der Waals surface area contributed by atoms with E-state index in [-0.39, 0.29) is 0 Å². The van der Waals surface area contributed by atoms with Crippen LogP contribution in [0.4, 0.5) is 0 Å². The molecule has 0 aromatic rings. The summed E-state index contributed by atoms with van der Waals surface area (Å²) in [6, 6.07) is -0.756. The zero-order chi connectivity index (χ0) is 10.6. The lowest BCUT2D eigenvalue weighted by Gasteiger charge is -2.12. The Balaban J connectivity index is 4.38. The van der Waals surface area contributed by atoms with Crippen LogP contribution in [-0.4, -0.2) is 25.6 Å². The van der Waals surface area contributed by atoms with E-state index in [1.807, 2.05) is 4.72 Å². The molecule has 0 aromatic heterocycles. The smallest absolute Gasteiger partial charge is 0.250 e. The summed E-state index contributed by atoms with van der Waals surface area (Å²) < 4.78 is 24.3. The van der Waals surface area contributed by atoms with Crippen molar-refractivity contribution in [1.29, 1.82) is 0 Å². The predicted octanol–water partition coefficient (Wildman–Crippen LogP) is -0.422. The van der Waals surface area contributed by atoms with E-state index < -0.39 is 27.2 Å². The molecule has 1 amide bonds. The SMILES string of the molecule is CC[C@H](N)C(=O)NS(=O)(=O)C(C)C. The Labute approximate surface area is 78.7 Å². The lowest BCUT2D eigenvalue weighted by atomic mass is 10.2. The molecule has 0 unspecified atom stereocenters. The molecule has 0 fully saturated rings. The van der Waals surface area contributed by atoms with Crippen LogP contribution >= 0.6 is 0 Å². The minimum absolute atomic E-state index is 0.416. The van der Waals surface area contributed by atoms with Crippen molar-refractivity contribution in [1.82, 2.24) is 4.72 Å². The molecule has 3 N–H and O–H groups in total. The first-order valence-electron chi connectivity index (χ1n) is 4.12. The van der Waals surface area contributed by atoms with Crippen molar-refractivity contribution in [2.45, 2.75) is 38.5 Å². The highest BCUT2D eigenvalue weighted by atomic mass is 32.2.